The molecular formula is C13H21N3O2. The topological polar surface area (TPSA) is 52.7 Å². The van der Waals surface area contributed by atoms with Crippen LogP contribution in [-0.4, -0.2) is 59.9 Å². The molecule has 3 fully saturated rings. The highest BCUT2D eigenvalue weighted by Crippen LogP contribution is 2.39. The molecule has 0 aromatic heterocycles. The van der Waals surface area contributed by atoms with Crippen LogP contribution in [0.3, 0.4) is 0 Å². The molecule has 3 atom stereocenters. The summed E-state index contributed by atoms with van der Waals surface area (Å²) in [5.41, 5.74) is 0. The van der Waals surface area contributed by atoms with Crippen molar-refractivity contribution in [2.75, 3.05) is 14.1 Å². The van der Waals surface area contributed by atoms with Crippen LogP contribution in [0.5, 0.6) is 0 Å². The number of hydrogen-bond donors (Lipinski definition) is 1. The number of carbonyl (C=O) groups is 2. The highest BCUT2D eigenvalue weighted by molar-refractivity contribution is 6.05. The van der Waals surface area contributed by atoms with Gasteiger partial charge in [-0.15, -0.1) is 0 Å². The van der Waals surface area contributed by atoms with Gasteiger partial charge in [-0.1, -0.05) is 0 Å². The highest BCUT2D eigenvalue weighted by atomic mass is 16.2. The molecule has 5 nitrogen and oxygen atoms in total. The van der Waals surface area contributed by atoms with Crippen LogP contribution in [-0.2, 0) is 9.59 Å². The maximum atomic E-state index is 12.1. The molecule has 0 spiro atoms. The number of nitrogens with zero attached hydrogens (tertiary/aromatic N) is 2. The first-order valence-corrected chi connectivity index (χ1v) is 6.87. The Hall–Kier alpha value is -0.940. The normalized spacial score (nSPS) is 40.9. The van der Waals surface area contributed by atoms with E-state index in [4.69, 9.17) is 0 Å². The van der Waals surface area contributed by atoms with Crippen LogP contribution in [0, 0.1) is 0 Å². The lowest BCUT2D eigenvalue weighted by molar-refractivity contribution is -0.138. The largest absolute Gasteiger partial charge is 0.317 e. The molecule has 5 heteroatoms. The van der Waals surface area contributed by atoms with Gasteiger partial charge in [-0.25, -0.2) is 0 Å². The van der Waals surface area contributed by atoms with Crippen LogP contribution in [0.2, 0.25) is 0 Å². The molecule has 3 aliphatic heterocycles. The molecule has 3 unspecified atom stereocenters. The second-order valence-corrected chi connectivity index (χ2v) is 5.80. The lowest BCUT2D eigenvalue weighted by Gasteiger charge is -2.41. The van der Waals surface area contributed by atoms with Gasteiger partial charge in [0.25, 0.3) is 0 Å². The number of likely N-dealkylation sites (tertiary alicyclic amines) is 1. The third-order valence-corrected chi connectivity index (χ3v) is 4.92. The maximum absolute atomic E-state index is 12.1. The maximum Gasteiger partial charge on any atom is 0.246 e. The minimum atomic E-state index is -0.183. The first kappa shape index (κ1) is 12.1. The van der Waals surface area contributed by atoms with Gasteiger partial charge in [-0.3, -0.25) is 19.4 Å². The number of carbonyl (C=O) groups excluding carboxylic acids is 2. The third-order valence-electron chi connectivity index (χ3n) is 4.92. The minimum Gasteiger partial charge on any atom is -0.317 e. The summed E-state index contributed by atoms with van der Waals surface area (Å²) >= 11 is 0. The fourth-order valence-corrected chi connectivity index (χ4v) is 3.93. The lowest BCUT2D eigenvalue weighted by Crippen LogP contribution is -2.54. The summed E-state index contributed by atoms with van der Waals surface area (Å²) in [6.07, 6.45) is 4.94. The zero-order chi connectivity index (χ0) is 12.9. The van der Waals surface area contributed by atoms with Crippen molar-refractivity contribution < 1.29 is 9.59 Å². The molecule has 2 amide bonds. The Bertz CT molecular complexity index is 370. The standard InChI is InChI=1S/C13H21N3O2/c1-14-8-5-9-3-4-10(6-8)16(9)11-7-12(17)15(2)13(11)18/h8-11,14H,3-7H2,1-2H3. The molecule has 0 saturated carbocycles. The minimum absolute atomic E-state index is 0.000178. The van der Waals surface area contributed by atoms with Gasteiger partial charge >= 0.3 is 0 Å². The summed E-state index contributed by atoms with van der Waals surface area (Å²) in [7, 11) is 3.62. The first-order valence-electron chi connectivity index (χ1n) is 6.87. The van der Waals surface area contributed by atoms with E-state index in [-0.39, 0.29) is 17.9 Å². The van der Waals surface area contributed by atoms with Crippen LogP contribution in [0.15, 0.2) is 0 Å². The van der Waals surface area contributed by atoms with Crippen molar-refractivity contribution in [3.05, 3.63) is 0 Å². The monoisotopic (exact) mass is 251 g/mol. The van der Waals surface area contributed by atoms with Crippen molar-refractivity contribution in [2.45, 2.75) is 56.3 Å². The van der Waals surface area contributed by atoms with Gasteiger partial charge < -0.3 is 5.32 Å². The van der Waals surface area contributed by atoms with E-state index in [9.17, 15) is 9.59 Å². The molecule has 0 aliphatic carbocycles. The number of hydrogen-bond acceptors (Lipinski definition) is 4. The Morgan fingerprint density at radius 1 is 1.17 bits per heavy atom. The average Bonchev–Trinajstić information content (AvgIpc) is 2.77. The fourth-order valence-electron chi connectivity index (χ4n) is 3.93. The second kappa shape index (κ2) is 4.31. The Balaban J connectivity index is 1.79. The summed E-state index contributed by atoms with van der Waals surface area (Å²) in [5.74, 6) is -0.0278. The van der Waals surface area contributed by atoms with Gasteiger partial charge in [-0.05, 0) is 32.7 Å². The predicted octanol–water partition coefficient (Wildman–Crippen LogP) is -0.0415. The summed E-state index contributed by atoms with van der Waals surface area (Å²) in [6, 6.07) is 1.35. The number of likely N-dealkylation sites (N-methyl/N-ethyl adjacent to an activating group) is 1. The molecule has 0 aromatic rings. The number of fused-ring (bicyclic) bond motifs is 2. The van der Waals surface area contributed by atoms with E-state index in [0.717, 1.165) is 12.8 Å². The van der Waals surface area contributed by atoms with Crippen molar-refractivity contribution in [3.8, 4) is 0 Å². The summed E-state index contributed by atoms with van der Waals surface area (Å²) in [5, 5.41) is 3.36. The Morgan fingerprint density at radius 3 is 2.22 bits per heavy atom. The van der Waals surface area contributed by atoms with Gasteiger partial charge in [0.1, 0.15) is 0 Å². The number of piperidine rings is 1. The van der Waals surface area contributed by atoms with E-state index in [0.29, 0.717) is 24.5 Å². The van der Waals surface area contributed by atoms with Gasteiger partial charge in [0, 0.05) is 25.2 Å². The molecule has 3 heterocycles. The molecule has 3 saturated heterocycles. The predicted molar refractivity (Wildman–Crippen MR) is 66.9 cm³/mol. The molecule has 18 heavy (non-hydrogen) atoms. The van der Waals surface area contributed by atoms with Crippen molar-refractivity contribution in [2.24, 2.45) is 0 Å². The highest BCUT2D eigenvalue weighted by Gasteiger charge is 2.49. The third kappa shape index (κ3) is 1.68. The van der Waals surface area contributed by atoms with Gasteiger partial charge in [0.2, 0.25) is 11.8 Å². The van der Waals surface area contributed by atoms with E-state index in [1.165, 1.54) is 17.7 Å². The van der Waals surface area contributed by atoms with E-state index in [2.05, 4.69) is 10.2 Å². The molecule has 3 aliphatic rings. The zero-order valence-corrected chi connectivity index (χ0v) is 11.1. The number of nitrogens with one attached hydrogen (secondary N) is 1. The number of amides is 2. The smallest absolute Gasteiger partial charge is 0.246 e. The Labute approximate surface area is 107 Å². The molecule has 0 radical (unpaired) electrons. The van der Waals surface area contributed by atoms with Crippen molar-refractivity contribution in [3.63, 3.8) is 0 Å². The van der Waals surface area contributed by atoms with Crippen LogP contribution < -0.4 is 5.32 Å². The summed E-state index contributed by atoms with van der Waals surface area (Å²) < 4.78 is 0. The van der Waals surface area contributed by atoms with Crippen LogP contribution in [0.25, 0.3) is 0 Å². The van der Waals surface area contributed by atoms with Gasteiger partial charge in [-0.2, -0.15) is 0 Å². The van der Waals surface area contributed by atoms with Crippen molar-refractivity contribution in [1.29, 1.82) is 0 Å². The van der Waals surface area contributed by atoms with Crippen LogP contribution >= 0.6 is 0 Å². The fraction of sp³-hybridized carbons (Fsp3) is 0.846. The molecule has 1 N–H and O–H groups in total. The van der Waals surface area contributed by atoms with Crippen LogP contribution in [0.1, 0.15) is 32.1 Å². The molecular weight excluding hydrogens is 230 g/mol. The molecule has 2 bridgehead atoms. The van der Waals surface area contributed by atoms with Crippen LogP contribution in [0.4, 0.5) is 0 Å². The Morgan fingerprint density at radius 2 is 1.78 bits per heavy atom. The van der Waals surface area contributed by atoms with Gasteiger partial charge in [0.15, 0.2) is 0 Å². The van der Waals surface area contributed by atoms with E-state index in [1.54, 1.807) is 7.05 Å². The second-order valence-electron chi connectivity index (χ2n) is 5.80. The molecule has 0 aromatic carbocycles. The number of rotatable bonds is 2. The van der Waals surface area contributed by atoms with E-state index < -0.39 is 0 Å². The number of imide groups is 1. The van der Waals surface area contributed by atoms with E-state index >= 15 is 0 Å². The first-order chi connectivity index (χ1) is 8.61. The average molecular weight is 251 g/mol. The zero-order valence-electron chi connectivity index (χ0n) is 11.1. The van der Waals surface area contributed by atoms with Crippen molar-refractivity contribution >= 4 is 11.8 Å². The summed E-state index contributed by atoms with van der Waals surface area (Å²) in [6.45, 7) is 0. The lowest BCUT2D eigenvalue weighted by atomic mass is 9.95. The Kier molecular flexibility index (Phi) is 2.90. The van der Waals surface area contributed by atoms with Gasteiger partial charge in [0.05, 0.1) is 12.5 Å². The SMILES string of the molecule is CNC1CC2CCC(C1)N2C1CC(=O)N(C)C1=O. The molecule has 100 valence electrons. The quantitative estimate of drug-likeness (QED) is 0.700. The summed E-state index contributed by atoms with van der Waals surface area (Å²) in [4.78, 5) is 27.4. The van der Waals surface area contributed by atoms with E-state index in [1.807, 2.05) is 7.05 Å². The van der Waals surface area contributed by atoms with Crippen molar-refractivity contribution in [1.82, 2.24) is 15.1 Å². The molecule has 3 rings (SSSR count).